The third-order valence-electron chi connectivity index (χ3n) is 2.23. The van der Waals surface area contributed by atoms with Gasteiger partial charge in [0, 0.05) is 4.87 Å². The molecule has 0 N–H and O–H groups in total. The van der Waals surface area contributed by atoms with Gasteiger partial charge in [-0.05, 0) is 18.8 Å². The molecule has 0 aromatic heterocycles. The van der Waals surface area contributed by atoms with Crippen LogP contribution in [-0.2, 0) is 0 Å². The lowest BCUT2D eigenvalue weighted by Crippen LogP contribution is -2.32. The first-order chi connectivity index (χ1) is 3.81. The molecule has 9 heavy (non-hydrogen) atoms. The van der Waals surface area contributed by atoms with E-state index in [4.69, 9.17) is 11.6 Å². The quantitative estimate of drug-likeness (QED) is 0.500. The Hall–Kier alpha value is 0.290. The van der Waals surface area contributed by atoms with E-state index in [2.05, 4.69) is 34.6 Å². The number of alkyl halides is 1. The van der Waals surface area contributed by atoms with Crippen molar-refractivity contribution in [2.45, 2.75) is 45.9 Å². The fourth-order valence-electron chi connectivity index (χ4n) is 0.530. The van der Waals surface area contributed by atoms with E-state index < -0.39 is 0 Å². The molecular weight excluding hydrogens is 132 g/mol. The van der Waals surface area contributed by atoms with Crippen LogP contribution in [-0.4, -0.2) is 4.87 Å². The molecular formula is C8H17Cl. The molecule has 0 heterocycles. The minimum absolute atomic E-state index is 0.0486. The molecule has 0 aliphatic carbocycles. The Morgan fingerprint density at radius 3 is 1.44 bits per heavy atom. The number of hydrogen-bond acceptors (Lipinski definition) is 0. The highest BCUT2D eigenvalue weighted by molar-refractivity contribution is 6.24. The van der Waals surface area contributed by atoms with E-state index in [1.165, 1.54) is 0 Å². The summed E-state index contributed by atoms with van der Waals surface area (Å²) >= 11 is 6.20. The highest BCUT2D eigenvalue weighted by Crippen LogP contribution is 2.38. The van der Waals surface area contributed by atoms with Crippen LogP contribution in [0.3, 0.4) is 0 Å². The lowest BCUT2D eigenvalue weighted by Gasteiger charge is -2.35. The molecule has 0 saturated carbocycles. The van der Waals surface area contributed by atoms with E-state index in [1.807, 2.05) is 0 Å². The summed E-state index contributed by atoms with van der Waals surface area (Å²) in [5, 5.41) is 0. The highest BCUT2D eigenvalue weighted by atomic mass is 35.5. The fourth-order valence-corrected chi connectivity index (χ4v) is 0.530. The molecule has 0 bridgehead atoms. The molecule has 0 fully saturated rings. The van der Waals surface area contributed by atoms with Crippen molar-refractivity contribution in [2.24, 2.45) is 5.41 Å². The Labute approximate surface area is 63.6 Å². The molecule has 1 heteroatoms. The average molecular weight is 149 g/mol. The predicted octanol–water partition coefficient (Wildman–Crippen LogP) is 3.44. The third-order valence-corrected chi connectivity index (χ3v) is 3.06. The van der Waals surface area contributed by atoms with Crippen LogP contribution in [0.2, 0.25) is 0 Å². The van der Waals surface area contributed by atoms with Gasteiger partial charge in [0.2, 0.25) is 0 Å². The largest absolute Gasteiger partial charge is 0.119 e. The first kappa shape index (κ1) is 9.29. The molecule has 0 rings (SSSR count). The second-order valence-electron chi connectivity index (χ2n) is 3.80. The number of rotatable bonds is 1. The summed E-state index contributed by atoms with van der Waals surface area (Å²) in [5.41, 5.74) is 0.212. The number of halogens is 1. The Morgan fingerprint density at radius 2 is 1.44 bits per heavy atom. The average Bonchev–Trinajstić information content (AvgIpc) is 1.64. The summed E-state index contributed by atoms with van der Waals surface area (Å²) in [6.45, 7) is 10.7. The van der Waals surface area contributed by atoms with Crippen LogP contribution in [0.4, 0.5) is 0 Å². The smallest absolute Gasteiger partial charge is 0.0464 e. The Kier molecular flexibility index (Phi) is 2.57. The molecule has 0 radical (unpaired) electrons. The lowest BCUT2D eigenvalue weighted by molar-refractivity contribution is 0.285. The van der Waals surface area contributed by atoms with Gasteiger partial charge < -0.3 is 0 Å². The maximum atomic E-state index is 6.20. The van der Waals surface area contributed by atoms with Crippen molar-refractivity contribution in [2.75, 3.05) is 0 Å². The van der Waals surface area contributed by atoms with Crippen LogP contribution in [0.25, 0.3) is 0 Å². The zero-order valence-electron chi connectivity index (χ0n) is 7.09. The Bertz CT molecular complexity index is 87.2. The summed E-state index contributed by atoms with van der Waals surface area (Å²) in [4.78, 5) is -0.0486. The number of hydrogen-bond donors (Lipinski definition) is 0. The van der Waals surface area contributed by atoms with Gasteiger partial charge in [-0.2, -0.15) is 0 Å². The van der Waals surface area contributed by atoms with Gasteiger partial charge in [0.25, 0.3) is 0 Å². The molecule has 0 nitrogen and oxygen atoms in total. The van der Waals surface area contributed by atoms with Gasteiger partial charge >= 0.3 is 0 Å². The first-order valence-corrected chi connectivity index (χ1v) is 3.88. The summed E-state index contributed by atoms with van der Waals surface area (Å²) in [6, 6.07) is 0. The SMILES string of the molecule is CCC(C)(Cl)C(C)(C)C. The fraction of sp³-hybridized carbons (Fsp3) is 1.00. The standard InChI is InChI=1S/C8H17Cl/c1-6-8(5,9)7(2,3)4/h6H2,1-5H3. The molecule has 1 atom stereocenters. The second-order valence-corrected chi connectivity index (χ2v) is 4.64. The van der Waals surface area contributed by atoms with Crippen LogP contribution in [0.5, 0.6) is 0 Å². The zero-order chi connectivity index (χ0) is 7.71. The van der Waals surface area contributed by atoms with Crippen LogP contribution in [0, 0.1) is 5.41 Å². The van der Waals surface area contributed by atoms with Gasteiger partial charge in [-0.25, -0.2) is 0 Å². The topological polar surface area (TPSA) is 0 Å². The van der Waals surface area contributed by atoms with Gasteiger partial charge in [0.05, 0.1) is 0 Å². The molecule has 0 saturated heterocycles. The first-order valence-electron chi connectivity index (χ1n) is 3.50. The minimum Gasteiger partial charge on any atom is -0.119 e. The van der Waals surface area contributed by atoms with Crippen molar-refractivity contribution in [3.05, 3.63) is 0 Å². The van der Waals surface area contributed by atoms with E-state index in [0.29, 0.717) is 0 Å². The van der Waals surface area contributed by atoms with Crippen molar-refractivity contribution in [3.8, 4) is 0 Å². The molecule has 0 aromatic carbocycles. The van der Waals surface area contributed by atoms with Crippen molar-refractivity contribution >= 4 is 11.6 Å². The van der Waals surface area contributed by atoms with Gasteiger partial charge in [-0.15, -0.1) is 11.6 Å². The van der Waals surface area contributed by atoms with Crippen molar-refractivity contribution in [3.63, 3.8) is 0 Å². The summed E-state index contributed by atoms with van der Waals surface area (Å²) in [6.07, 6.45) is 1.03. The molecule has 0 aromatic rings. The van der Waals surface area contributed by atoms with Gasteiger partial charge in [-0.1, -0.05) is 27.7 Å². The normalized spacial score (nSPS) is 19.3. The molecule has 0 amide bonds. The van der Waals surface area contributed by atoms with Crippen LogP contribution in [0.15, 0.2) is 0 Å². The van der Waals surface area contributed by atoms with Gasteiger partial charge in [-0.3, -0.25) is 0 Å². The van der Waals surface area contributed by atoms with Crippen LogP contribution in [0.1, 0.15) is 41.0 Å². The molecule has 0 aliphatic rings. The Balaban J connectivity index is 4.14. The van der Waals surface area contributed by atoms with E-state index in [-0.39, 0.29) is 10.3 Å². The predicted molar refractivity (Wildman–Crippen MR) is 44.0 cm³/mol. The lowest BCUT2D eigenvalue weighted by atomic mass is 9.80. The van der Waals surface area contributed by atoms with Gasteiger partial charge in [0.1, 0.15) is 0 Å². The molecule has 1 unspecified atom stereocenters. The molecule has 0 aliphatic heterocycles. The van der Waals surface area contributed by atoms with Crippen LogP contribution < -0.4 is 0 Å². The van der Waals surface area contributed by atoms with Crippen molar-refractivity contribution in [1.29, 1.82) is 0 Å². The van der Waals surface area contributed by atoms with Crippen molar-refractivity contribution in [1.82, 2.24) is 0 Å². The summed E-state index contributed by atoms with van der Waals surface area (Å²) < 4.78 is 0. The summed E-state index contributed by atoms with van der Waals surface area (Å²) in [5.74, 6) is 0. The Morgan fingerprint density at radius 1 is 1.11 bits per heavy atom. The minimum atomic E-state index is -0.0486. The monoisotopic (exact) mass is 148 g/mol. The zero-order valence-corrected chi connectivity index (χ0v) is 7.84. The van der Waals surface area contributed by atoms with E-state index in [1.54, 1.807) is 0 Å². The molecule has 0 spiro atoms. The van der Waals surface area contributed by atoms with E-state index >= 15 is 0 Å². The molecule has 56 valence electrons. The van der Waals surface area contributed by atoms with Crippen molar-refractivity contribution < 1.29 is 0 Å². The highest BCUT2D eigenvalue weighted by Gasteiger charge is 2.33. The maximum absolute atomic E-state index is 6.20. The van der Waals surface area contributed by atoms with E-state index in [9.17, 15) is 0 Å². The maximum Gasteiger partial charge on any atom is 0.0464 e. The second kappa shape index (κ2) is 2.49. The van der Waals surface area contributed by atoms with Crippen LogP contribution >= 0.6 is 11.6 Å². The third kappa shape index (κ3) is 2.17. The van der Waals surface area contributed by atoms with E-state index in [0.717, 1.165) is 6.42 Å². The van der Waals surface area contributed by atoms with Gasteiger partial charge in [0.15, 0.2) is 0 Å². The summed E-state index contributed by atoms with van der Waals surface area (Å²) in [7, 11) is 0.